The zero-order chi connectivity index (χ0) is 38.5. The van der Waals surface area contributed by atoms with Gasteiger partial charge in [0.05, 0.1) is 6.85 Å². The molecular weight excluding hydrogens is 619 g/mol. The van der Waals surface area contributed by atoms with E-state index in [9.17, 15) is 0 Å². The Kier molecular flexibility index (Phi) is 5.49. The van der Waals surface area contributed by atoms with Crippen molar-refractivity contribution in [3.05, 3.63) is 187 Å². The Balaban J connectivity index is 1.08. The summed E-state index contributed by atoms with van der Waals surface area (Å²) < 4.78 is 48.9. The van der Waals surface area contributed by atoms with Crippen LogP contribution in [-0.2, 0) is 5.41 Å². The van der Waals surface area contributed by atoms with Gasteiger partial charge in [0.15, 0.2) is 0 Å². The zero-order valence-corrected chi connectivity index (χ0v) is 28.2. The number of furan rings is 1. The first kappa shape index (κ1) is 24.7. The Morgan fingerprint density at radius 2 is 1.14 bits per heavy atom. The average molecular weight is 659 g/mol. The number of nitrogens with zero attached hydrogens (tertiary/aromatic N) is 1. The number of hydrogen-bond acceptors (Lipinski definition) is 2. The maximum atomic E-state index is 8.76. The topological polar surface area (TPSA) is 16.4 Å². The molecule has 0 fully saturated rings. The minimum atomic E-state index is -0.410. The molecule has 0 atom stereocenters. The number of benzene rings is 8. The zero-order valence-electron chi connectivity index (χ0n) is 33.2. The highest BCUT2D eigenvalue weighted by atomic mass is 16.3. The van der Waals surface area contributed by atoms with Crippen molar-refractivity contribution < 1.29 is 11.3 Å². The Hall–Kier alpha value is -6.38. The van der Waals surface area contributed by atoms with E-state index in [0.29, 0.717) is 16.7 Å². The average Bonchev–Trinajstić information content (AvgIpc) is 3.71. The molecule has 1 aliphatic rings. The Morgan fingerprint density at radius 3 is 1.96 bits per heavy atom. The Bertz CT molecular complexity index is 3030. The van der Waals surface area contributed by atoms with Crippen molar-refractivity contribution in [1.29, 1.82) is 0 Å². The van der Waals surface area contributed by atoms with Crippen molar-refractivity contribution >= 4 is 49.8 Å². The van der Waals surface area contributed by atoms with Gasteiger partial charge in [-0.2, -0.15) is 0 Å². The molecule has 0 radical (unpaired) electrons. The molecule has 51 heavy (non-hydrogen) atoms. The fraction of sp³-hybridized carbons (Fsp3) is 0.0612. The lowest BCUT2D eigenvalue weighted by Crippen LogP contribution is -2.16. The predicted molar refractivity (Wildman–Crippen MR) is 214 cm³/mol. The van der Waals surface area contributed by atoms with Gasteiger partial charge < -0.3 is 9.32 Å². The van der Waals surface area contributed by atoms with E-state index in [-0.39, 0.29) is 35.1 Å². The lowest BCUT2D eigenvalue weighted by Gasteiger charge is -2.28. The summed E-state index contributed by atoms with van der Waals surface area (Å²) in [5, 5.41) is 3.27. The van der Waals surface area contributed by atoms with Gasteiger partial charge >= 0.3 is 0 Å². The minimum Gasteiger partial charge on any atom is -0.455 e. The molecule has 0 saturated carbocycles. The monoisotopic (exact) mass is 658 g/mol. The highest BCUT2D eigenvalue weighted by Gasteiger charge is 2.35. The number of fused-ring (bicyclic) bond motifs is 8. The molecule has 0 bridgehead atoms. The standard InChI is InChI=1S/C49H35NO/c1-49(2)45-20-12-11-18-39(45)40-27-26-37(30-46(40)49)50(35-15-7-4-8-16-35)36-24-21-32(22-25-36)34-23-28-47-43(29-34)44-31-42(33-13-5-3-6-14-33)38-17-9-10-19-41(38)48(44)51-47/h3-31H,1-2H3/i3D,5D,6D,13D,14D. The molecule has 0 amide bonds. The van der Waals surface area contributed by atoms with Crippen LogP contribution in [0.25, 0.3) is 66.1 Å². The van der Waals surface area contributed by atoms with Gasteiger partial charge in [-0.1, -0.05) is 135 Å². The molecule has 2 heteroatoms. The summed E-state index contributed by atoms with van der Waals surface area (Å²) in [5.41, 5.74) is 12.5. The lowest BCUT2D eigenvalue weighted by atomic mass is 9.82. The van der Waals surface area contributed by atoms with Crippen LogP contribution in [0.3, 0.4) is 0 Å². The van der Waals surface area contributed by atoms with Gasteiger partial charge in [-0.3, -0.25) is 0 Å². The van der Waals surface area contributed by atoms with Crippen LogP contribution in [0.15, 0.2) is 180 Å². The summed E-state index contributed by atoms with van der Waals surface area (Å²) in [6, 6.07) is 48.8. The van der Waals surface area contributed by atoms with E-state index in [1.54, 1.807) is 0 Å². The third-order valence-electron chi connectivity index (χ3n) is 10.5. The van der Waals surface area contributed by atoms with Crippen LogP contribution in [0.4, 0.5) is 17.1 Å². The summed E-state index contributed by atoms with van der Waals surface area (Å²) in [5.74, 6) is 0. The SMILES string of the molecule is [2H]c1c([2H])c([2H])c(-c2cc3c4cc(-c5ccc(N(c6ccccc6)c6ccc7c(c6)C(C)(C)c6ccccc6-7)cc5)ccc4oc3c3ccccc23)c([2H])c1[2H]. The first-order chi connectivity index (χ1) is 27.1. The van der Waals surface area contributed by atoms with Gasteiger partial charge in [0, 0.05) is 38.6 Å². The summed E-state index contributed by atoms with van der Waals surface area (Å²) in [7, 11) is 0. The summed E-state index contributed by atoms with van der Waals surface area (Å²) in [4.78, 5) is 2.31. The molecule has 0 unspecified atom stereocenters. The minimum absolute atomic E-state index is 0.119. The third kappa shape index (κ3) is 4.64. The number of rotatable bonds is 5. The van der Waals surface area contributed by atoms with Crippen LogP contribution in [0.1, 0.15) is 31.8 Å². The van der Waals surface area contributed by atoms with Gasteiger partial charge in [-0.25, -0.2) is 0 Å². The predicted octanol–water partition coefficient (Wildman–Crippen LogP) is 13.8. The molecule has 1 heterocycles. The third-order valence-corrected chi connectivity index (χ3v) is 10.5. The maximum Gasteiger partial charge on any atom is 0.143 e. The van der Waals surface area contributed by atoms with Crippen LogP contribution in [0.5, 0.6) is 0 Å². The molecule has 0 N–H and O–H groups in total. The van der Waals surface area contributed by atoms with Crippen LogP contribution in [0.2, 0.25) is 0 Å². The van der Waals surface area contributed by atoms with E-state index in [1.807, 2.05) is 42.5 Å². The molecule has 8 aromatic carbocycles. The van der Waals surface area contributed by atoms with Crippen LogP contribution in [0, 0.1) is 0 Å². The maximum absolute atomic E-state index is 8.76. The van der Waals surface area contributed by atoms with E-state index >= 15 is 0 Å². The van der Waals surface area contributed by atoms with E-state index in [0.717, 1.165) is 49.7 Å². The van der Waals surface area contributed by atoms with Crippen LogP contribution >= 0.6 is 0 Å². The van der Waals surface area contributed by atoms with Gasteiger partial charge in [0.2, 0.25) is 0 Å². The first-order valence-corrected chi connectivity index (χ1v) is 17.3. The lowest BCUT2D eigenvalue weighted by molar-refractivity contribution is 0.660. The second kappa shape index (κ2) is 11.3. The fourth-order valence-electron chi connectivity index (χ4n) is 8.03. The molecule has 1 aromatic heterocycles. The largest absolute Gasteiger partial charge is 0.455 e. The molecule has 2 nitrogen and oxygen atoms in total. The van der Waals surface area contributed by atoms with Crippen molar-refractivity contribution in [3.63, 3.8) is 0 Å². The molecule has 1 aliphatic carbocycles. The van der Waals surface area contributed by atoms with E-state index < -0.39 is 6.04 Å². The summed E-state index contributed by atoms with van der Waals surface area (Å²) in [6.45, 7) is 4.62. The Morgan fingerprint density at radius 1 is 0.471 bits per heavy atom. The molecule has 0 spiro atoms. The van der Waals surface area contributed by atoms with Crippen LogP contribution in [-0.4, -0.2) is 0 Å². The highest BCUT2D eigenvalue weighted by Crippen LogP contribution is 2.50. The Labute approximate surface area is 304 Å². The van der Waals surface area contributed by atoms with Gasteiger partial charge in [0.25, 0.3) is 0 Å². The first-order valence-electron chi connectivity index (χ1n) is 19.8. The van der Waals surface area contributed by atoms with Crippen molar-refractivity contribution in [3.8, 4) is 33.4 Å². The van der Waals surface area contributed by atoms with Gasteiger partial charge in [0.1, 0.15) is 11.2 Å². The second-order valence-corrected chi connectivity index (χ2v) is 13.8. The van der Waals surface area contributed by atoms with Gasteiger partial charge in [-0.15, -0.1) is 0 Å². The van der Waals surface area contributed by atoms with Crippen molar-refractivity contribution in [2.24, 2.45) is 0 Å². The van der Waals surface area contributed by atoms with Crippen molar-refractivity contribution in [2.45, 2.75) is 19.3 Å². The molecule has 242 valence electrons. The van der Waals surface area contributed by atoms with Crippen molar-refractivity contribution in [2.75, 3.05) is 4.90 Å². The van der Waals surface area contributed by atoms with E-state index in [1.165, 1.54) is 22.3 Å². The fourth-order valence-corrected chi connectivity index (χ4v) is 8.03. The highest BCUT2D eigenvalue weighted by molar-refractivity contribution is 6.19. The van der Waals surface area contributed by atoms with Crippen molar-refractivity contribution in [1.82, 2.24) is 0 Å². The molecule has 9 aromatic rings. The quantitative estimate of drug-likeness (QED) is 0.183. The molecule has 10 rings (SSSR count). The molecule has 0 saturated heterocycles. The van der Waals surface area contributed by atoms with E-state index in [4.69, 9.17) is 11.3 Å². The molecule has 0 aliphatic heterocycles. The van der Waals surface area contributed by atoms with Crippen LogP contribution < -0.4 is 4.90 Å². The van der Waals surface area contributed by atoms with Gasteiger partial charge in [-0.05, 0) is 104 Å². The number of para-hydroxylation sites is 1. The summed E-state index contributed by atoms with van der Waals surface area (Å²) in [6.07, 6.45) is 0. The van der Waals surface area contributed by atoms with E-state index in [2.05, 4.69) is 122 Å². The smallest absolute Gasteiger partial charge is 0.143 e. The summed E-state index contributed by atoms with van der Waals surface area (Å²) >= 11 is 0. The number of anilines is 3. The second-order valence-electron chi connectivity index (χ2n) is 13.8. The number of hydrogen-bond donors (Lipinski definition) is 0. The molecular formula is C49H35NO. The normalized spacial score (nSPS) is 14.4.